The van der Waals surface area contributed by atoms with Crippen LogP contribution in [0.25, 0.3) is 0 Å². The summed E-state index contributed by atoms with van der Waals surface area (Å²) in [5.74, 6) is 0. The van der Waals surface area contributed by atoms with Crippen LogP contribution < -0.4 is 10.6 Å². The topological polar surface area (TPSA) is 24.1 Å². The van der Waals surface area contributed by atoms with Crippen LogP contribution in [0.3, 0.4) is 0 Å². The molecule has 0 saturated heterocycles. The Labute approximate surface area is 182 Å². The zero-order valence-electron chi connectivity index (χ0n) is 19.3. The van der Waals surface area contributed by atoms with Gasteiger partial charge in [0.2, 0.25) is 0 Å². The highest BCUT2D eigenvalue weighted by Crippen LogP contribution is 2.30. The molecule has 0 aliphatic rings. The predicted molar refractivity (Wildman–Crippen MR) is 131 cm³/mol. The summed E-state index contributed by atoms with van der Waals surface area (Å²) >= 11 is 0. The fourth-order valence-corrected chi connectivity index (χ4v) is 3.75. The Kier molecular flexibility index (Phi) is 6.55. The molecule has 0 saturated carbocycles. The van der Waals surface area contributed by atoms with Crippen LogP contribution in [-0.4, -0.2) is 0 Å². The average Bonchev–Trinajstić information content (AvgIpc) is 2.70. The van der Waals surface area contributed by atoms with Crippen LogP contribution in [0.15, 0.2) is 72.8 Å². The van der Waals surface area contributed by atoms with E-state index in [1.54, 1.807) is 0 Å². The van der Waals surface area contributed by atoms with Gasteiger partial charge in [-0.2, -0.15) is 0 Å². The molecule has 2 nitrogen and oxygen atoms in total. The molecule has 2 N–H and O–H groups in total. The minimum absolute atomic E-state index is 0.127. The number of hydrogen-bond acceptors (Lipinski definition) is 2. The molecule has 2 heteroatoms. The molecule has 158 valence electrons. The third-order valence-corrected chi connectivity index (χ3v) is 5.46. The number of hydrogen-bond donors (Lipinski definition) is 2. The minimum atomic E-state index is 0.127. The first-order chi connectivity index (χ1) is 14.1. The summed E-state index contributed by atoms with van der Waals surface area (Å²) in [4.78, 5) is 0. The van der Waals surface area contributed by atoms with Gasteiger partial charge in [0.1, 0.15) is 0 Å². The van der Waals surface area contributed by atoms with Crippen molar-refractivity contribution >= 4 is 11.4 Å². The summed E-state index contributed by atoms with van der Waals surface area (Å²) in [5, 5.41) is 7.24. The van der Waals surface area contributed by atoms with Gasteiger partial charge in [-0.1, -0.05) is 102 Å². The number of benzene rings is 3. The van der Waals surface area contributed by atoms with Crippen LogP contribution in [-0.2, 0) is 23.9 Å². The van der Waals surface area contributed by atoms with Gasteiger partial charge in [0.05, 0.1) is 0 Å². The summed E-state index contributed by atoms with van der Waals surface area (Å²) in [5.41, 5.74) is 7.97. The SMILES string of the molecule is CC(C)(C)c1ccccc1NCc1ccc(CNc2ccccc2C(C)(C)C)cc1. The standard InChI is InChI=1S/C28H36N2/c1-27(2,3)23-11-7-9-13-25(23)29-19-21-15-17-22(18-16-21)20-30-26-14-10-8-12-24(26)28(4,5)6/h7-18,29-30H,19-20H2,1-6H3. The van der Waals surface area contributed by atoms with E-state index in [2.05, 4.69) is 125 Å². The van der Waals surface area contributed by atoms with Gasteiger partial charge in [-0.25, -0.2) is 0 Å². The lowest BCUT2D eigenvalue weighted by atomic mass is 9.86. The van der Waals surface area contributed by atoms with Gasteiger partial charge in [0, 0.05) is 24.5 Å². The Bertz CT molecular complexity index is 876. The Hall–Kier alpha value is -2.74. The predicted octanol–water partition coefficient (Wildman–Crippen LogP) is 7.51. The summed E-state index contributed by atoms with van der Waals surface area (Å²) in [6.07, 6.45) is 0. The van der Waals surface area contributed by atoms with E-state index in [4.69, 9.17) is 0 Å². The molecular formula is C28H36N2. The van der Waals surface area contributed by atoms with E-state index in [-0.39, 0.29) is 10.8 Å². The lowest BCUT2D eigenvalue weighted by Crippen LogP contribution is -2.15. The van der Waals surface area contributed by atoms with Crippen LogP contribution in [0.5, 0.6) is 0 Å². The normalized spacial score (nSPS) is 11.9. The summed E-state index contributed by atoms with van der Waals surface area (Å²) in [6.45, 7) is 15.2. The first-order valence-corrected chi connectivity index (χ1v) is 10.9. The maximum Gasteiger partial charge on any atom is 0.0400 e. The molecule has 30 heavy (non-hydrogen) atoms. The van der Waals surface area contributed by atoms with E-state index >= 15 is 0 Å². The zero-order valence-corrected chi connectivity index (χ0v) is 19.3. The molecule has 3 aromatic carbocycles. The number of para-hydroxylation sites is 2. The van der Waals surface area contributed by atoms with E-state index in [9.17, 15) is 0 Å². The fourth-order valence-electron chi connectivity index (χ4n) is 3.75. The molecule has 0 unspecified atom stereocenters. The Morgan fingerprint density at radius 3 is 1.17 bits per heavy atom. The lowest BCUT2D eigenvalue weighted by Gasteiger charge is -2.24. The largest absolute Gasteiger partial charge is 0.381 e. The summed E-state index contributed by atoms with van der Waals surface area (Å²) in [7, 11) is 0. The minimum Gasteiger partial charge on any atom is -0.381 e. The van der Waals surface area contributed by atoms with Crippen LogP contribution in [0.2, 0.25) is 0 Å². The highest BCUT2D eigenvalue weighted by atomic mass is 14.9. The molecule has 3 aromatic rings. The van der Waals surface area contributed by atoms with Crippen molar-refractivity contribution in [1.82, 2.24) is 0 Å². The van der Waals surface area contributed by atoms with E-state index in [0.717, 1.165) is 13.1 Å². The highest BCUT2D eigenvalue weighted by Gasteiger charge is 2.18. The van der Waals surface area contributed by atoms with Gasteiger partial charge in [-0.05, 0) is 45.2 Å². The Morgan fingerprint density at radius 2 is 0.833 bits per heavy atom. The third-order valence-electron chi connectivity index (χ3n) is 5.46. The Balaban J connectivity index is 1.62. The Morgan fingerprint density at radius 1 is 0.500 bits per heavy atom. The van der Waals surface area contributed by atoms with Crippen molar-refractivity contribution in [3.63, 3.8) is 0 Å². The molecule has 3 rings (SSSR count). The van der Waals surface area contributed by atoms with Gasteiger partial charge in [0.15, 0.2) is 0 Å². The molecule has 0 aromatic heterocycles. The first kappa shape index (κ1) is 22.0. The van der Waals surface area contributed by atoms with Crippen molar-refractivity contribution in [2.45, 2.75) is 65.5 Å². The van der Waals surface area contributed by atoms with Crippen LogP contribution in [0.1, 0.15) is 63.8 Å². The van der Waals surface area contributed by atoms with Crippen LogP contribution in [0, 0.1) is 0 Å². The van der Waals surface area contributed by atoms with E-state index < -0.39 is 0 Å². The third kappa shape index (κ3) is 5.66. The second-order valence-electron chi connectivity index (χ2n) is 10.1. The lowest BCUT2D eigenvalue weighted by molar-refractivity contribution is 0.591. The highest BCUT2D eigenvalue weighted by molar-refractivity contribution is 5.55. The molecule has 0 aliphatic carbocycles. The summed E-state index contributed by atoms with van der Waals surface area (Å²) < 4.78 is 0. The van der Waals surface area contributed by atoms with E-state index in [1.165, 1.54) is 33.6 Å². The van der Waals surface area contributed by atoms with Crippen molar-refractivity contribution in [2.24, 2.45) is 0 Å². The quantitative estimate of drug-likeness (QED) is 0.447. The number of nitrogens with one attached hydrogen (secondary N) is 2. The summed E-state index contributed by atoms with van der Waals surface area (Å²) in [6, 6.07) is 26.1. The van der Waals surface area contributed by atoms with Crippen molar-refractivity contribution in [1.29, 1.82) is 0 Å². The molecule has 0 spiro atoms. The van der Waals surface area contributed by atoms with E-state index in [1.807, 2.05) is 0 Å². The van der Waals surface area contributed by atoms with Crippen molar-refractivity contribution in [3.05, 3.63) is 95.1 Å². The van der Waals surface area contributed by atoms with Crippen molar-refractivity contribution in [3.8, 4) is 0 Å². The molecule has 0 radical (unpaired) electrons. The van der Waals surface area contributed by atoms with Crippen LogP contribution in [0.4, 0.5) is 11.4 Å². The van der Waals surface area contributed by atoms with Crippen molar-refractivity contribution < 1.29 is 0 Å². The molecule has 0 heterocycles. The van der Waals surface area contributed by atoms with Crippen LogP contribution >= 0.6 is 0 Å². The van der Waals surface area contributed by atoms with Gasteiger partial charge < -0.3 is 10.6 Å². The molecule has 0 atom stereocenters. The average molecular weight is 401 g/mol. The van der Waals surface area contributed by atoms with Gasteiger partial charge >= 0.3 is 0 Å². The van der Waals surface area contributed by atoms with Gasteiger partial charge in [-0.15, -0.1) is 0 Å². The van der Waals surface area contributed by atoms with Crippen molar-refractivity contribution in [2.75, 3.05) is 10.6 Å². The first-order valence-electron chi connectivity index (χ1n) is 10.9. The molecule has 0 amide bonds. The van der Waals surface area contributed by atoms with Gasteiger partial charge in [0.25, 0.3) is 0 Å². The molecule has 0 aliphatic heterocycles. The second-order valence-corrected chi connectivity index (χ2v) is 10.1. The van der Waals surface area contributed by atoms with Gasteiger partial charge in [-0.3, -0.25) is 0 Å². The number of rotatable bonds is 6. The maximum absolute atomic E-state index is 3.62. The molecular weight excluding hydrogens is 364 g/mol. The van der Waals surface area contributed by atoms with E-state index in [0.29, 0.717) is 0 Å². The molecule has 0 bridgehead atoms. The number of anilines is 2. The molecule has 0 fully saturated rings. The zero-order chi connectivity index (χ0) is 21.8. The monoisotopic (exact) mass is 400 g/mol. The maximum atomic E-state index is 3.62. The fraction of sp³-hybridized carbons (Fsp3) is 0.357. The smallest absolute Gasteiger partial charge is 0.0400 e. The second kappa shape index (κ2) is 8.95.